The summed E-state index contributed by atoms with van der Waals surface area (Å²) in [5.41, 5.74) is 0.598. The van der Waals surface area contributed by atoms with Crippen LogP contribution in [0.3, 0.4) is 0 Å². The van der Waals surface area contributed by atoms with E-state index in [1.54, 1.807) is 0 Å². The number of aromatic amines is 1. The number of nitrogens with zero attached hydrogens (tertiary/aromatic N) is 2. The van der Waals surface area contributed by atoms with Gasteiger partial charge in [-0.25, -0.2) is 4.98 Å². The number of amides is 1. The highest BCUT2D eigenvalue weighted by Gasteiger charge is 2.26. The molecule has 126 valence electrons. The van der Waals surface area contributed by atoms with E-state index >= 15 is 0 Å². The van der Waals surface area contributed by atoms with Crippen LogP contribution >= 0.6 is 0 Å². The van der Waals surface area contributed by atoms with Gasteiger partial charge in [-0.15, -0.1) is 0 Å². The fourth-order valence-electron chi connectivity index (χ4n) is 3.23. The third-order valence-electron chi connectivity index (χ3n) is 4.59. The number of piperidine rings is 1. The summed E-state index contributed by atoms with van der Waals surface area (Å²) in [6.45, 7) is 4.75. The molecule has 23 heavy (non-hydrogen) atoms. The first kappa shape index (κ1) is 16.0. The molecule has 1 aromatic heterocycles. The van der Waals surface area contributed by atoms with Crippen molar-refractivity contribution in [1.82, 2.24) is 15.3 Å². The quantitative estimate of drug-likeness (QED) is 0.851. The lowest BCUT2D eigenvalue weighted by atomic mass is 9.97. The van der Waals surface area contributed by atoms with Crippen molar-refractivity contribution in [3.8, 4) is 0 Å². The highest BCUT2D eigenvalue weighted by atomic mass is 16.5. The third kappa shape index (κ3) is 4.10. The average Bonchev–Trinajstić information content (AvgIpc) is 2.55. The van der Waals surface area contributed by atoms with Crippen LogP contribution in [0.4, 0.5) is 5.95 Å². The molecule has 0 aromatic carbocycles. The molecule has 0 bridgehead atoms. The zero-order chi connectivity index (χ0) is 16.2. The smallest absolute Gasteiger partial charge is 0.252 e. The Morgan fingerprint density at radius 3 is 2.65 bits per heavy atom. The largest absolute Gasteiger partial charge is 0.381 e. The minimum absolute atomic E-state index is 0.0941. The Bertz CT molecular complexity index is 602. The minimum atomic E-state index is -0.123. The Morgan fingerprint density at radius 2 is 2.00 bits per heavy atom. The van der Waals surface area contributed by atoms with Crippen molar-refractivity contribution < 1.29 is 9.53 Å². The highest BCUT2D eigenvalue weighted by molar-refractivity contribution is 5.79. The molecule has 0 unspecified atom stereocenters. The van der Waals surface area contributed by atoms with Crippen molar-refractivity contribution in [1.29, 1.82) is 0 Å². The number of hydrogen-bond donors (Lipinski definition) is 2. The topological polar surface area (TPSA) is 87.3 Å². The molecular formula is C16H24N4O3. The predicted octanol–water partition coefficient (Wildman–Crippen LogP) is 0.590. The van der Waals surface area contributed by atoms with Crippen LogP contribution in [0, 0.1) is 12.8 Å². The molecule has 2 N–H and O–H groups in total. The second-order valence-corrected chi connectivity index (χ2v) is 6.37. The van der Waals surface area contributed by atoms with Crippen LogP contribution < -0.4 is 15.8 Å². The number of carbonyl (C=O) groups excluding carboxylic acids is 1. The summed E-state index contributed by atoms with van der Waals surface area (Å²) in [6, 6.07) is 1.70. The van der Waals surface area contributed by atoms with Crippen LogP contribution in [-0.2, 0) is 9.53 Å². The molecule has 2 saturated heterocycles. The number of nitrogens with one attached hydrogen (secondary N) is 2. The zero-order valence-electron chi connectivity index (χ0n) is 13.5. The lowest BCUT2D eigenvalue weighted by molar-refractivity contribution is -0.128. The molecule has 2 fully saturated rings. The third-order valence-corrected chi connectivity index (χ3v) is 4.59. The van der Waals surface area contributed by atoms with Crippen molar-refractivity contribution in [3.63, 3.8) is 0 Å². The van der Waals surface area contributed by atoms with E-state index in [2.05, 4.69) is 20.2 Å². The minimum Gasteiger partial charge on any atom is -0.381 e. The monoisotopic (exact) mass is 320 g/mol. The Morgan fingerprint density at radius 1 is 1.30 bits per heavy atom. The van der Waals surface area contributed by atoms with E-state index in [0.29, 0.717) is 19.2 Å². The van der Waals surface area contributed by atoms with Crippen molar-refractivity contribution in [2.75, 3.05) is 31.2 Å². The molecule has 0 aliphatic carbocycles. The molecule has 7 nitrogen and oxygen atoms in total. The summed E-state index contributed by atoms with van der Waals surface area (Å²) in [5, 5.41) is 3.17. The Hall–Kier alpha value is -1.89. The average molecular weight is 320 g/mol. The van der Waals surface area contributed by atoms with Gasteiger partial charge in [0, 0.05) is 50.0 Å². The molecule has 2 aliphatic rings. The SMILES string of the molecule is Cc1cc(=O)[nH]c(N2CCC(NC(=O)C3CCOCC3)CC2)n1. The fraction of sp³-hybridized carbons (Fsp3) is 0.688. The van der Waals surface area contributed by atoms with Crippen LogP contribution in [0.5, 0.6) is 0 Å². The van der Waals surface area contributed by atoms with Crippen molar-refractivity contribution in [2.45, 2.75) is 38.6 Å². The normalized spacial score (nSPS) is 20.5. The van der Waals surface area contributed by atoms with Crippen molar-refractivity contribution in [3.05, 3.63) is 22.1 Å². The fourth-order valence-corrected chi connectivity index (χ4v) is 3.23. The van der Waals surface area contributed by atoms with Gasteiger partial charge in [0.1, 0.15) is 0 Å². The number of carbonyl (C=O) groups is 1. The van der Waals surface area contributed by atoms with Gasteiger partial charge in [-0.1, -0.05) is 0 Å². The maximum absolute atomic E-state index is 12.3. The lowest BCUT2D eigenvalue weighted by Gasteiger charge is -2.33. The van der Waals surface area contributed by atoms with Gasteiger partial charge in [-0.2, -0.15) is 0 Å². The highest BCUT2D eigenvalue weighted by Crippen LogP contribution is 2.18. The Balaban J connectivity index is 1.52. The van der Waals surface area contributed by atoms with Crippen molar-refractivity contribution in [2.24, 2.45) is 5.92 Å². The molecule has 2 aliphatic heterocycles. The number of aromatic nitrogens is 2. The van der Waals surface area contributed by atoms with Gasteiger partial charge in [0.2, 0.25) is 11.9 Å². The van der Waals surface area contributed by atoms with Gasteiger partial charge in [0.05, 0.1) is 0 Å². The summed E-state index contributed by atoms with van der Waals surface area (Å²) in [5.74, 6) is 0.884. The van der Waals surface area contributed by atoms with Gasteiger partial charge < -0.3 is 15.0 Å². The van der Waals surface area contributed by atoms with Crippen LogP contribution in [0.2, 0.25) is 0 Å². The summed E-state index contributed by atoms with van der Waals surface area (Å²) in [7, 11) is 0. The van der Waals surface area contributed by atoms with E-state index in [1.807, 2.05) is 6.92 Å². The first-order valence-corrected chi connectivity index (χ1v) is 8.33. The summed E-state index contributed by atoms with van der Waals surface area (Å²) < 4.78 is 5.30. The molecular weight excluding hydrogens is 296 g/mol. The summed E-state index contributed by atoms with van der Waals surface area (Å²) in [4.78, 5) is 33.1. The summed E-state index contributed by atoms with van der Waals surface area (Å²) in [6.07, 6.45) is 3.37. The number of rotatable bonds is 3. The van der Waals surface area contributed by atoms with Crippen LogP contribution in [0.15, 0.2) is 10.9 Å². The molecule has 0 spiro atoms. The van der Waals surface area contributed by atoms with Gasteiger partial charge >= 0.3 is 0 Å². The van der Waals surface area contributed by atoms with Crippen LogP contribution in [0.25, 0.3) is 0 Å². The van der Waals surface area contributed by atoms with Gasteiger partial charge in [0.25, 0.3) is 5.56 Å². The molecule has 3 heterocycles. The van der Waals surface area contributed by atoms with Gasteiger partial charge in [-0.3, -0.25) is 14.6 Å². The number of H-pyrrole nitrogens is 1. The number of aryl methyl sites for hydroxylation is 1. The Labute approximate surface area is 135 Å². The number of ether oxygens (including phenoxy) is 1. The molecule has 1 aromatic rings. The van der Waals surface area contributed by atoms with E-state index < -0.39 is 0 Å². The van der Waals surface area contributed by atoms with E-state index in [1.165, 1.54) is 6.07 Å². The first-order valence-electron chi connectivity index (χ1n) is 8.33. The van der Waals surface area contributed by atoms with E-state index in [4.69, 9.17) is 4.74 Å². The maximum atomic E-state index is 12.3. The lowest BCUT2D eigenvalue weighted by Crippen LogP contribution is -2.47. The van der Waals surface area contributed by atoms with Gasteiger partial charge in [-0.05, 0) is 32.6 Å². The molecule has 0 radical (unpaired) electrons. The molecule has 7 heteroatoms. The van der Waals surface area contributed by atoms with E-state index in [0.717, 1.165) is 44.5 Å². The number of hydrogen-bond acceptors (Lipinski definition) is 5. The summed E-state index contributed by atoms with van der Waals surface area (Å²) >= 11 is 0. The zero-order valence-corrected chi connectivity index (χ0v) is 13.5. The molecule has 3 rings (SSSR count). The molecule has 0 atom stereocenters. The second kappa shape index (κ2) is 7.12. The van der Waals surface area contributed by atoms with E-state index in [9.17, 15) is 9.59 Å². The number of anilines is 1. The second-order valence-electron chi connectivity index (χ2n) is 6.37. The molecule has 0 saturated carbocycles. The van der Waals surface area contributed by atoms with Crippen molar-refractivity contribution >= 4 is 11.9 Å². The predicted molar refractivity (Wildman–Crippen MR) is 86.5 cm³/mol. The van der Waals surface area contributed by atoms with Crippen LogP contribution in [0.1, 0.15) is 31.4 Å². The van der Waals surface area contributed by atoms with E-state index in [-0.39, 0.29) is 23.4 Å². The standard InChI is InChI=1S/C16H24N4O3/c1-11-10-14(21)19-16(17-11)20-6-2-13(3-7-20)18-15(22)12-4-8-23-9-5-12/h10,12-13H,2-9H2,1H3,(H,18,22)(H,17,19,21). The Kier molecular flexibility index (Phi) is 4.95. The van der Waals surface area contributed by atoms with Crippen LogP contribution in [-0.4, -0.2) is 48.2 Å². The maximum Gasteiger partial charge on any atom is 0.252 e. The first-order chi connectivity index (χ1) is 11.1. The van der Waals surface area contributed by atoms with Gasteiger partial charge in [0.15, 0.2) is 0 Å². The molecule has 1 amide bonds.